The van der Waals surface area contributed by atoms with Gasteiger partial charge in [0.25, 0.3) is 5.69 Å². The van der Waals surface area contributed by atoms with Crippen molar-refractivity contribution in [1.82, 2.24) is 10.2 Å². The number of rotatable bonds is 2. The summed E-state index contributed by atoms with van der Waals surface area (Å²) < 4.78 is 0. The van der Waals surface area contributed by atoms with Crippen LogP contribution in [0.25, 0.3) is 22.5 Å². The Hall–Kier alpha value is -2.95. The van der Waals surface area contributed by atoms with Gasteiger partial charge in [0.1, 0.15) is 0 Å². The first kappa shape index (κ1) is 11.8. The van der Waals surface area contributed by atoms with Crippen LogP contribution in [0.2, 0.25) is 0 Å². The zero-order valence-electron chi connectivity index (χ0n) is 11.0. The molecule has 21 heavy (non-hydrogen) atoms. The van der Waals surface area contributed by atoms with Crippen molar-refractivity contribution in [2.24, 2.45) is 0 Å². The first-order valence-electron chi connectivity index (χ1n) is 6.64. The molecule has 1 N–H and O–H groups in total. The van der Waals surface area contributed by atoms with E-state index in [4.69, 9.17) is 0 Å². The first-order chi connectivity index (χ1) is 10.2. The quantitative estimate of drug-likeness (QED) is 0.450. The van der Waals surface area contributed by atoms with Crippen molar-refractivity contribution < 1.29 is 4.92 Å². The molecule has 0 aliphatic heterocycles. The van der Waals surface area contributed by atoms with Gasteiger partial charge in [0.15, 0.2) is 0 Å². The topological polar surface area (TPSA) is 71.8 Å². The molecule has 1 aliphatic rings. The minimum atomic E-state index is -0.394. The van der Waals surface area contributed by atoms with Gasteiger partial charge >= 0.3 is 0 Å². The summed E-state index contributed by atoms with van der Waals surface area (Å²) >= 11 is 0. The second-order valence-corrected chi connectivity index (χ2v) is 5.06. The Bertz CT molecular complexity index is 850. The lowest BCUT2D eigenvalue weighted by molar-refractivity contribution is -0.384. The van der Waals surface area contributed by atoms with Gasteiger partial charge < -0.3 is 0 Å². The van der Waals surface area contributed by atoms with E-state index < -0.39 is 4.92 Å². The van der Waals surface area contributed by atoms with Crippen molar-refractivity contribution in [3.05, 3.63) is 69.8 Å². The maximum atomic E-state index is 10.7. The number of hydrogen-bond acceptors (Lipinski definition) is 3. The van der Waals surface area contributed by atoms with Gasteiger partial charge in [-0.2, -0.15) is 5.10 Å². The third kappa shape index (κ3) is 1.74. The molecule has 0 unspecified atom stereocenters. The number of nitro groups is 1. The molecule has 5 nitrogen and oxygen atoms in total. The lowest BCUT2D eigenvalue weighted by Crippen LogP contribution is -1.89. The minimum absolute atomic E-state index is 0.0919. The molecule has 0 saturated heterocycles. The van der Waals surface area contributed by atoms with E-state index in [1.54, 1.807) is 12.1 Å². The molecule has 0 radical (unpaired) electrons. The average molecular weight is 277 g/mol. The zero-order valence-corrected chi connectivity index (χ0v) is 11.0. The molecular weight excluding hydrogens is 266 g/mol. The Morgan fingerprint density at radius 1 is 1.10 bits per heavy atom. The smallest absolute Gasteiger partial charge is 0.269 e. The summed E-state index contributed by atoms with van der Waals surface area (Å²) in [6, 6.07) is 14.8. The molecular formula is C16H11N3O2. The van der Waals surface area contributed by atoms with Crippen LogP contribution in [0.15, 0.2) is 48.5 Å². The highest BCUT2D eigenvalue weighted by Gasteiger charge is 2.24. The summed E-state index contributed by atoms with van der Waals surface area (Å²) in [6.45, 7) is 0. The zero-order chi connectivity index (χ0) is 14.4. The van der Waals surface area contributed by atoms with Crippen molar-refractivity contribution in [2.75, 3.05) is 0 Å². The van der Waals surface area contributed by atoms with Crippen molar-refractivity contribution in [2.45, 2.75) is 6.42 Å². The number of H-pyrrole nitrogens is 1. The van der Waals surface area contributed by atoms with Crippen LogP contribution >= 0.6 is 0 Å². The summed E-state index contributed by atoms with van der Waals surface area (Å²) in [5.74, 6) is 0. The Balaban J connectivity index is 1.79. The molecule has 0 spiro atoms. The number of nitrogens with zero attached hydrogens (tertiary/aromatic N) is 2. The van der Waals surface area contributed by atoms with Gasteiger partial charge in [-0.15, -0.1) is 0 Å². The van der Waals surface area contributed by atoms with Crippen LogP contribution in [0.1, 0.15) is 11.1 Å². The largest absolute Gasteiger partial charge is 0.277 e. The van der Waals surface area contributed by atoms with Gasteiger partial charge in [-0.05, 0) is 17.7 Å². The van der Waals surface area contributed by atoms with Gasteiger partial charge in [0.2, 0.25) is 0 Å². The maximum absolute atomic E-state index is 10.7. The molecule has 1 aliphatic carbocycles. The molecule has 2 aromatic carbocycles. The van der Waals surface area contributed by atoms with Crippen molar-refractivity contribution in [3.63, 3.8) is 0 Å². The molecule has 1 aromatic heterocycles. The second-order valence-electron chi connectivity index (χ2n) is 5.06. The maximum Gasteiger partial charge on any atom is 0.269 e. The van der Waals surface area contributed by atoms with E-state index in [1.807, 2.05) is 12.1 Å². The molecule has 0 fully saturated rings. The van der Waals surface area contributed by atoms with Crippen molar-refractivity contribution >= 4 is 5.69 Å². The molecule has 0 atom stereocenters. The Kier molecular flexibility index (Phi) is 2.41. The number of fused-ring (bicyclic) bond motifs is 3. The highest BCUT2D eigenvalue weighted by atomic mass is 16.6. The van der Waals surface area contributed by atoms with Crippen LogP contribution in [0.4, 0.5) is 5.69 Å². The second kappa shape index (κ2) is 4.28. The average Bonchev–Trinajstić information content (AvgIpc) is 3.06. The Morgan fingerprint density at radius 2 is 1.86 bits per heavy atom. The predicted octanol–water partition coefficient (Wildman–Crippen LogP) is 3.56. The highest BCUT2D eigenvalue weighted by Crippen LogP contribution is 2.39. The fraction of sp³-hybridized carbons (Fsp3) is 0.0625. The minimum Gasteiger partial charge on any atom is -0.277 e. The molecule has 5 heteroatoms. The molecule has 3 aromatic rings. The van der Waals surface area contributed by atoms with Crippen LogP contribution in [0, 0.1) is 10.1 Å². The van der Waals surface area contributed by atoms with Crippen LogP contribution in [-0.4, -0.2) is 15.1 Å². The van der Waals surface area contributed by atoms with E-state index in [0.29, 0.717) is 0 Å². The number of benzene rings is 2. The van der Waals surface area contributed by atoms with Crippen LogP contribution in [-0.2, 0) is 6.42 Å². The molecule has 4 rings (SSSR count). The fourth-order valence-corrected chi connectivity index (χ4v) is 2.85. The molecule has 1 heterocycles. The number of non-ortho nitro benzene ring substituents is 1. The van der Waals surface area contributed by atoms with Crippen molar-refractivity contribution in [1.29, 1.82) is 0 Å². The van der Waals surface area contributed by atoms with Gasteiger partial charge in [0.05, 0.1) is 16.3 Å². The Morgan fingerprint density at radius 3 is 2.62 bits per heavy atom. The SMILES string of the molecule is O=[N+]([O-])c1ccc(-c2n[nH]c3c2Cc2ccccc2-3)cc1. The summed E-state index contributed by atoms with van der Waals surface area (Å²) in [4.78, 5) is 10.3. The third-order valence-electron chi connectivity index (χ3n) is 3.87. The summed E-state index contributed by atoms with van der Waals surface area (Å²) in [5.41, 5.74) is 6.54. The monoisotopic (exact) mass is 277 g/mol. The summed E-state index contributed by atoms with van der Waals surface area (Å²) in [6.07, 6.45) is 0.842. The van der Waals surface area contributed by atoms with E-state index in [0.717, 1.165) is 28.9 Å². The molecule has 0 saturated carbocycles. The Labute approximate surface area is 120 Å². The first-order valence-corrected chi connectivity index (χ1v) is 6.64. The predicted molar refractivity (Wildman–Crippen MR) is 78.9 cm³/mol. The van der Waals surface area contributed by atoms with Gasteiger partial charge in [-0.3, -0.25) is 15.2 Å². The summed E-state index contributed by atoms with van der Waals surface area (Å²) in [5, 5.41) is 18.2. The summed E-state index contributed by atoms with van der Waals surface area (Å²) in [7, 11) is 0. The molecule has 102 valence electrons. The lowest BCUT2D eigenvalue weighted by atomic mass is 10.1. The number of nitrogens with one attached hydrogen (secondary N) is 1. The standard InChI is InChI=1S/C16H11N3O2/c20-19(21)12-7-5-10(6-8-12)15-14-9-11-3-1-2-4-13(11)16(14)18-17-15/h1-8H,9H2,(H,17,18). The fourth-order valence-electron chi connectivity index (χ4n) is 2.85. The molecule has 0 amide bonds. The van der Waals surface area contributed by atoms with E-state index in [2.05, 4.69) is 22.3 Å². The van der Waals surface area contributed by atoms with Gasteiger partial charge in [-0.1, -0.05) is 24.3 Å². The van der Waals surface area contributed by atoms with E-state index in [9.17, 15) is 10.1 Å². The van der Waals surface area contributed by atoms with Crippen LogP contribution in [0.5, 0.6) is 0 Å². The van der Waals surface area contributed by atoms with E-state index in [-0.39, 0.29) is 5.69 Å². The normalized spacial score (nSPS) is 12.0. The van der Waals surface area contributed by atoms with Crippen LogP contribution in [0.3, 0.4) is 0 Å². The van der Waals surface area contributed by atoms with Gasteiger partial charge in [0, 0.05) is 35.2 Å². The van der Waals surface area contributed by atoms with Crippen molar-refractivity contribution in [3.8, 4) is 22.5 Å². The number of hydrogen-bond donors (Lipinski definition) is 1. The molecule has 0 bridgehead atoms. The lowest BCUT2D eigenvalue weighted by Gasteiger charge is -2.00. The number of aromatic nitrogens is 2. The van der Waals surface area contributed by atoms with E-state index >= 15 is 0 Å². The number of nitro benzene ring substituents is 1. The third-order valence-corrected chi connectivity index (χ3v) is 3.87. The highest BCUT2D eigenvalue weighted by molar-refractivity contribution is 5.81. The van der Waals surface area contributed by atoms with E-state index in [1.165, 1.54) is 23.3 Å². The van der Waals surface area contributed by atoms with Crippen LogP contribution < -0.4 is 0 Å². The van der Waals surface area contributed by atoms with Gasteiger partial charge in [-0.25, -0.2) is 0 Å². The number of aromatic amines is 1.